The van der Waals surface area contributed by atoms with Gasteiger partial charge in [0.15, 0.2) is 0 Å². The van der Waals surface area contributed by atoms with Crippen LogP contribution in [-0.2, 0) is 13.1 Å². The molecule has 1 N–H and O–H groups in total. The van der Waals surface area contributed by atoms with Gasteiger partial charge < -0.3 is 9.73 Å². The highest BCUT2D eigenvalue weighted by Crippen LogP contribution is 2.34. The highest BCUT2D eigenvalue weighted by atomic mass is 16.3. The van der Waals surface area contributed by atoms with E-state index in [0.29, 0.717) is 6.04 Å². The van der Waals surface area contributed by atoms with Crippen LogP contribution in [0.2, 0.25) is 0 Å². The average Bonchev–Trinajstić information content (AvgIpc) is 3.31. The van der Waals surface area contributed by atoms with Crippen molar-refractivity contribution in [2.24, 2.45) is 11.8 Å². The van der Waals surface area contributed by atoms with E-state index >= 15 is 0 Å². The summed E-state index contributed by atoms with van der Waals surface area (Å²) >= 11 is 0. The van der Waals surface area contributed by atoms with E-state index in [1.54, 1.807) is 0 Å². The summed E-state index contributed by atoms with van der Waals surface area (Å²) < 4.78 is 6.00. The molecule has 3 nitrogen and oxygen atoms in total. The molecular formula is C18H30N2O. The topological polar surface area (TPSA) is 28.4 Å². The molecule has 21 heavy (non-hydrogen) atoms. The van der Waals surface area contributed by atoms with Gasteiger partial charge in [0.05, 0.1) is 6.54 Å². The second-order valence-corrected chi connectivity index (χ2v) is 7.41. The molecule has 0 radical (unpaired) electrons. The van der Waals surface area contributed by atoms with Crippen molar-refractivity contribution in [2.45, 2.75) is 65.6 Å². The smallest absolute Gasteiger partial charge is 0.118 e. The van der Waals surface area contributed by atoms with Crippen molar-refractivity contribution in [3.8, 4) is 0 Å². The molecule has 3 heteroatoms. The van der Waals surface area contributed by atoms with Crippen molar-refractivity contribution in [3.63, 3.8) is 0 Å². The Bertz CT molecular complexity index is 444. The maximum absolute atomic E-state index is 6.00. The van der Waals surface area contributed by atoms with Crippen molar-refractivity contribution in [3.05, 3.63) is 23.2 Å². The maximum Gasteiger partial charge on any atom is 0.118 e. The lowest BCUT2D eigenvalue weighted by Crippen LogP contribution is -2.27. The third-order valence-electron chi connectivity index (χ3n) is 4.58. The second kappa shape index (κ2) is 6.53. The van der Waals surface area contributed by atoms with Crippen LogP contribution in [0.3, 0.4) is 0 Å². The minimum Gasteiger partial charge on any atom is -0.465 e. The van der Waals surface area contributed by atoms with Gasteiger partial charge in [0.2, 0.25) is 0 Å². The molecule has 0 bridgehead atoms. The van der Waals surface area contributed by atoms with Gasteiger partial charge >= 0.3 is 0 Å². The standard InChI is InChI=1S/C18H30N2O/c1-13(2)19-9-17-8-18(21-14(17)3)12-20(10-15-4-5-15)11-16-6-7-16/h8,13,15-16,19H,4-7,9-12H2,1-3H3. The third-order valence-corrected chi connectivity index (χ3v) is 4.58. The Hall–Kier alpha value is -0.800. The Labute approximate surface area is 129 Å². The van der Waals surface area contributed by atoms with Gasteiger partial charge in [0.1, 0.15) is 11.5 Å². The van der Waals surface area contributed by atoms with Crippen LogP contribution >= 0.6 is 0 Å². The Morgan fingerprint density at radius 1 is 1.19 bits per heavy atom. The number of rotatable bonds is 9. The van der Waals surface area contributed by atoms with E-state index in [0.717, 1.165) is 36.4 Å². The van der Waals surface area contributed by atoms with Gasteiger partial charge in [-0.1, -0.05) is 13.8 Å². The summed E-state index contributed by atoms with van der Waals surface area (Å²) in [6.45, 7) is 10.9. The Morgan fingerprint density at radius 3 is 2.33 bits per heavy atom. The fourth-order valence-corrected chi connectivity index (χ4v) is 2.91. The Morgan fingerprint density at radius 2 is 1.81 bits per heavy atom. The molecule has 1 aromatic heterocycles. The number of nitrogens with one attached hydrogen (secondary N) is 1. The normalized spacial score (nSPS) is 18.9. The molecule has 3 rings (SSSR count). The van der Waals surface area contributed by atoms with E-state index in [-0.39, 0.29) is 0 Å². The van der Waals surface area contributed by atoms with Crippen LogP contribution in [0, 0.1) is 18.8 Å². The molecule has 2 aliphatic rings. The molecule has 2 aliphatic carbocycles. The van der Waals surface area contributed by atoms with Gasteiger partial charge in [-0.2, -0.15) is 0 Å². The van der Waals surface area contributed by atoms with E-state index < -0.39 is 0 Å². The summed E-state index contributed by atoms with van der Waals surface area (Å²) in [6, 6.07) is 2.78. The van der Waals surface area contributed by atoms with Crippen molar-refractivity contribution >= 4 is 0 Å². The number of nitrogens with zero attached hydrogens (tertiary/aromatic N) is 1. The first-order valence-electron chi connectivity index (χ1n) is 8.64. The van der Waals surface area contributed by atoms with E-state index in [4.69, 9.17) is 4.42 Å². The fourth-order valence-electron chi connectivity index (χ4n) is 2.91. The monoisotopic (exact) mass is 290 g/mol. The maximum atomic E-state index is 6.00. The first-order chi connectivity index (χ1) is 10.1. The molecule has 0 aromatic carbocycles. The summed E-state index contributed by atoms with van der Waals surface area (Å²) in [7, 11) is 0. The predicted octanol–water partition coefficient (Wildman–Crippen LogP) is 3.71. The quantitative estimate of drug-likeness (QED) is 0.751. The summed E-state index contributed by atoms with van der Waals surface area (Å²) in [5, 5.41) is 3.48. The second-order valence-electron chi connectivity index (χ2n) is 7.41. The van der Waals surface area contributed by atoms with Crippen LogP contribution in [0.1, 0.15) is 56.6 Å². The summed E-state index contributed by atoms with van der Waals surface area (Å²) in [6.07, 6.45) is 5.73. The van der Waals surface area contributed by atoms with Gasteiger partial charge in [-0.3, -0.25) is 4.90 Å². The summed E-state index contributed by atoms with van der Waals surface area (Å²) in [5.74, 6) is 4.15. The molecule has 0 amide bonds. The average molecular weight is 290 g/mol. The van der Waals surface area contributed by atoms with Gasteiger partial charge in [-0.15, -0.1) is 0 Å². The molecule has 2 fully saturated rings. The number of hydrogen-bond acceptors (Lipinski definition) is 3. The molecule has 0 aliphatic heterocycles. The van der Waals surface area contributed by atoms with E-state index in [1.807, 2.05) is 0 Å². The Kier molecular flexibility index (Phi) is 4.70. The molecule has 1 heterocycles. The van der Waals surface area contributed by atoms with Crippen LogP contribution in [0.5, 0.6) is 0 Å². The molecule has 1 aromatic rings. The van der Waals surface area contributed by atoms with Crippen LogP contribution < -0.4 is 5.32 Å². The molecule has 118 valence electrons. The lowest BCUT2D eigenvalue weighted by Gasteiger charge is -2.20. The molecular weight excluding hydrogens is 260 g/mol. The van der Waals surface area contributed by atoms with Gasteiger partial charge in [-0.05, 0) is 50.5 Å². The molecule has 2 saturated carbocycles. The van der Waals surface area contributed by atoms with E-state index in [9.17, 15) is 0 Å². The summed E-state index contributed by atoms with van der Waals surface area (Å²) in [4.78, 5) is 2.63. The Balaban J connectivity index is 1.57. The van der Waals surface area contributed by atoms with Gasteiger partial charge in [0, 0.05) is 31.2 Å². The molecule has 0 atom stereocenters. The lowest BCUT2D eigenvalue weighted by atomic mass is 10.2. The largest absolute Gasteiger partial charge is 0.465 e. The van der Waals surface area contributed by atoms with Gasteiger partial charge in [0.25, 0.3) is 0 Å². The lowest BCUT2D eigenvalue weighted by molar-refractivity contribution is 0.224. The zero-order valence-electron chi connectivity index (χ0n) is 13.8. The molecule has 0 unspecified atom stereocenters. The minimum absolute atomic E-state index is 0.518. The fraction of sp³-hybridized carbons (Fsp3) is 0.778. The number of aryl methyl sites for hydroxylation is 1. The van der Waals surface area contributed by atoms with E-state index in [1.165, 1.54) is 44.3 Å². The molecule has 0 spiro atoms. The predicted molar refractivity (Wildman–Crippen MR) is 86.1 cm³/mol. The van der Waals surface area contributed by atoms with Crippen LogP contribution in [0.25, 0.3) is 0 Å². The van der Waals surface area contributed by atoms with Crippen LogP contribution in [0.15, 0.2) is 10.5 Å². The SMILES string of the molecule is Cc1oc(CN(CC2CC2)CC2CC2)cc1CNC(C)C. The zero-order valence-corrected chi connectivity index (χ0v) is 13.8. The number of hydrogen-bond donors (Lipinski definition) is 1. The number of furan rings is 1. The zero-order chi connectivity index (χ0) is 14.8. The highest BCUT2D eigenvalue weighted by Gasteiger charge is 2.29. The summed E-state index contributed by atoms with van der Waals surface area (Å²) in [5.41, 5.74) is 1.32. The van der Waals surface area contributed by atoms with Crippen molar-refractivity contribution in [1.29, 1.82) is 0 Å². The van der Waals surface area contributed by atoms with Gasteiger partial charge in [-0.25, -0.2) is 0 Å². The molecule has 0 saturated heterocycles. The van der Waals surface area contributed by atoms with Crippen molar-refractivity contribution < 1.29 is 4.42 Å². The van der Waals surface area contributed by atoms with Crippen LogP contribution in [0.4, 0.5) is 0 Å². The van der Waals surface area contributed by atoms with Crippen LogP contribution in [-0.4, -0.2) is 24.0 Å². The third kappa shape index (κ3) is 4.86. The van der Waals surface area contributed by atoms with Crippen molar-refractivity contribution in [2.75, 3.05) is 13.1 Å². The van der Waals surface area contributed by atoms with Crippen molar-refractivity contribution in [1.82, 2.24) is 10.2 Å². The minimum atomic E-state index is 0.518. The highest BCUT2D eigenvalue weighted by molar-refractivity contribution is 5.20. The first kappa shape index (κ1) is 15.1. The first-order valence-corrected chi connectivity index (χ1v) is 8.64. The van der Waals surface area contributed by atoms with E-state index in [2.05, 4.69) is 37.1 Å².